The van der Waals surface area contributed by atoms with Gasteiger partial charge in [0, 0.05) is 38.5 Å². The van der Waals surface area contributed by atoms with Gasteiger partial charge in [0.1, 0.15) is 0 Å². The van der Waals surface area contributed by atoms with Gasteiger partial charge in [0.15, 0.2) is 17.5 Å². The van der Waals surface area contributed by atoms with E-state index in [4.69, 9.17) is 14.2 Å². The fourth-order valence-electron chi connectivity index (χ4n) is 2.16. The first-order chi connectivity index (χ1) is 12.1. The zero-order chi connectivity index (χ0) is 18.5. The van der Waals surface area contributed by atoms with Gasteiger partial charge in [0.25, 0.3) is 0 Å². The summed E-state index contributed by atoms with van der Waals surface area (Å²) in [6.07, 6.45) is 0. The molecule has 0 atom stereocenters. The molecule has 0 radical (unpaired) electrons. The molecule has 0 heterocycles. The molecule has 0 fully saturated rings. The fraction of sp³-hybridized carbons (Fsp3) is 0.611. The van der Waals surface area contributed by atoms with Crippen LogP contribution in [0.2, 0.25) is 0 Å². The first kappa shape index (κ1) is 21.1. The van der Waals surface area contributed by atoms with Gasteiger partial charge in [-0.1, -0.05) is 0 Å². The van der Waals surface area contributed by atoms with Crippen molar-refractivity contribution in [1.29, 1.82) is 0 Å². The molecule has 0 aliphatic carbocycles. The molecule has 142 valence electrons. The Hall–Kier alpha value is -1.99. The second-order valence-corrected chi connectivity index (χ2v) is 5.48. The van der Waals surface area contributed by atoms with Crippen molar-refractivity contribution in [3.05, 3.63) is 18.2 Å². The average Bonchev–Trinajstić information content (AvgIpc) is 2.61. The molecule has 0 saturated carbocycles. The molecule has 0 saturated heterocycles. The van der Waals surface area contributed by atoms with Gasteiger partial charge < -0.3 is 29.7 Å². The van der Waals surface area contributed by atoms with Crippen molar-refractivity contribution in [3.63, 3.8) is 0 Å². The lowest BCUT2D eigenvalue weighted by Gasteiger charge is -2.16. The monoisotopic (exact) mass is 352 g/mol. The number of aliphatic imine (C=N–C) groups is 1. The van der Waals surface area contributed by atoms with E-state index in [0.29, 0.717) is 18.9 Å². The Balaban J connectivity index is 2.68. The summed E-state index contributed by atoms with van der Waals surface area (Å²) < 4.78 is 16.0. The van der Waals surface area contributed by atoms with Crippen molar-refractivity contribution in [2.45, 2.75) is 13.8 Å². The highest BCUT2D eigenvalue weighted by Gasteiger charge is 2.07. The van der Waals surface area contributed by atoms with Crippen LogP contribution in [-0.4, -0.2) is 71.5 Å². The molecule has 0 aliphatic heterocycles. The molecule has 25 heavy (non-hydrogen) atoms. The molecule has 1 aromatic carbocycles. The van der Waals surface area contributed by atoms with Crippen LogP contribution < -0.4 is 20.1 Å². The minimum Gasteiger partial charge on any atom is -0.493 e. The Morgan fingerprint density at radius 1 is 1.16 bits per heavy atom. The lowest BCUT2D eigenvalue weighted by atomic mass is 10.2. The first-order valence-corrected chi connectivity index (χ1v) is 8.68. The maximum absolute atomic E-state index is 5.54. The smallest absolute Gasteiger partial charge is 0.195 e. The average molecular weight is 352 g/mol. The van der Waals surface area contributed by atoms with E-state index < -0.39 is 0 Å². The van der Waals surface area contributed by atoms with E-state index in [1.807, 2.05) is 32.0 Å². The van der Waals surface area contributed by atoms with E-state index in [1.54, 1.807) is 14.2 Å². The third-order valence-electron chi connectivity index (χ3n) is 3.50. The van der Waals surface area contributed by atoms with E-state index in [-0.39, 0.29) is 0 Å². The van der Waals surface area contributed by atoms with Crippen molar-refractivity contribution < 1.29 is 14.2 Å². The maximum Gasteiger partial charge on any atom is 0.195 e. The molecule has 0 spiro atoms. The van der Waals surface area contributed by atoms with Crippen LogP contribution in [0.3, 0.4) is 0 Å². The lowest BCUT2D eigenvalue weighted by Crippen LogP contribution is -2.32. The summed E-state index contributed by atoms with van der Waals surface area (Å²) in [6.45, 7) is 8.57. The number of benzene rings is 1. The number of likely N-dealkylation sites (N-methyl/N-ethyl adjacent to an activating group) is 1. The summed E-state index contributed by atoms with van der Waals surface area (Å²) in [5, 5.41) is 6.55. The van der Waals surface area contributed by atoms with Crippen LogP contribution in [-0.2, 0) is 4.74 Å². The molecular weight excluding hydrogens is 320 g/mol. The van der Waals surface area contributed by atoms with Crippen LogP contribution in [0.1, 0.15) is 13.8 Å². The Morgan fingerprint density at radius 2 is 1.96 bits per heavy atom. The highest BCUT2D eigenvalue weighted by Crippen LogP contribution is 2.30. The van der Waals surface area contributed by atoms with Gasteiger partial charge in [-0.3, -0.25) is 4.99 Å². The summed E-state index contributed by atoms with van der Waals surface area (Å²) >= 11 is 0. The second-order valence-electron chi connectivity index (χ2n) is 5.48. The number of hydrogen-bond donors (Lipinski definition) is 2. The van der Waals surface area contributed by atoms with Crippen LogP contribution in [0.25, 0.3) is 0 Å². The van der Waals surface area contributed by atoms with Crippen molar-refractivity contribution in [2.24, 2.45) is 4.99 Å². The lowest BCUT2D eigenvalue weighted by molar-refractivity contribution is 0.163. The Morgan fingerprint density at radius 3 is 2.60 bits per heavy atom. The van der Waals surface area contributed by atoms with Crippen LogP contribution in [0.5, 0.6) is 11.5 Å². The zero-order valence-corrected chi connectivity index (χ0v) is 16.1. The van der Waals surface area contributed by atoms with Crippen LogP contribution in [0, 0.1) is 0 Å². The number of nitrogens with one attached hydrogen (secondary N) is 2. The quantitative estimate of drug-likeness (QED) is 0.469. The molecular formula is C18H32N4O3. The van der Waals surface area contributed by atoms with Crippen LogP contribution >= 0.6 is 0 Å². The number of methoxy groups -OCH3 is 2. The summed E-state index contributed by atoms with van der Waals surface area (Å²) in [4.78, 5) is 6.80. The normalized spacial score (nSPS) is 11.5. The molecule has 1 rings (SSSR count). The first-order valence-electron chi connectivity index (χ1n) is 8.68. The van der Waals surface area contributed by atoms with E-state index >= 15 is 0 Å². The summed E-state index contributed by atoms with van der Waals surface area (Å²) in [7, 11) is 5.41. The van der Waals surface area contributed by atoms with Gasteiger partial charge in [-0.25, -0.2) is 0 Å². The predicted molar refractivity (Wildman–Crippen MR) is 103 cm³/mol. The second kappa shape index (κ2) is 12.4. The van der Waals surface area contributed by atoms with Gasteiger partial charge in [-0.2, -0.15) is 0 Å². The summed E-state index contributed by atoms with van der Waals surface area (Å²) in [5.74, 6) is 2.17. The molecule has 2 N–H and O–H groups in total. The van der Waals surface area contributed by atoms with Crippen molar-refractivity contribution in [2.75, 3.05) is 66.0 Å². The fourth-order valence-corrected chi connectivity index (χ4v) is 2.16. The molecule has 0 amide bonds. The Kier molecular flexibility index (Phi) is 10.4. The Bertz CT molecular complexity index is 523. The van der Waals surface area contributed by atoms with E-state index in [1.165, 1.54) is 0 Å². The molecule has 0 unspecified atom stereocenters. The highest BCUT2D eigenvalue weighted by atomic mass is 16.5. The SMILES string of the molecule is CCNC(=NCCN(C)CCOC)Nc1ccc(OCC)c(OC)c1. The van der Waals surface area contributed by atoms with Crippen LogP contribution in [0.4, 0.5) is 5.69 Å². The molecule has 7 heteroatoms. The minimum atomic E-state index is 0.601. The number of guanidine groups is 1. The van der Waals surface area contributed by atoms with Crippen LogP contribution in [0.15, 0.2) is 23.2 Å². The van der Waals surface area contributed by atoms with Gasteiger partial charge in [-0.15, -0.1) is 0 Å². The minimum absolute atomic E-state index is 0.601. The van der Waals surface area contributed by atoms with E-state index in [9.17, 15) is 0 Å². The largest absolute Gasteiger partial charge is 0.493 e. The standard InChI is InChI=1S/C18H32N4O3/c1-6-19-18(20-10-11-22(3)12-13-23-4)21-15-8-9-16(25-7-2)17(14-15)24-5/h8-9,14H,6-7,10-13H2,1-5H3,(H2,19,20,21). The van der Waals surface area contributed by atoms with Gasteiger partial charge in [0.05, 0.1) is 26.9 Å². The topological polar surface area (TPSA) is 67.4 Å². The third kappa shape index (κ3) is 8.09. The molecule has 0 bridgehead atoms. The van der Waals surface area contributed by atoms with E-state index in [0.717, 1.165) is 43.6 Å². The molecule has 1 aromatic rings. The van der Waals surface area contributed by atoms with Gasteiger partial charge >= 0.3 is 0 Å². The van der Waals surface area contributed by atoms with Gasteiger partial charge in [-0.05, 0) is 33.0 Å². The predicted octanol–water partition coefficient (Wildman–Crippen LogP) is 2.05. The Labute approximate surface area is 151 Å². The molecule has 0 aromatic heterocycles. The molecule has 7 nitrogen and oxygen atoms in total. The number of hydrogen-bond acceptors (Lipinski definition) is 5. The number of anilines is 1. The number of rotatable bonds is 11. The number of ether oxygens (including phenoxy) is 3. The summed E-state index contributed by atoms with van der Waals surface area (Å²) in [6, 6.07) is 5.75. The molecule has 0 aliphatic rings. The third-order valence-corrected chi connectivity index (χ3v) is 3.50. The van der Waals surface area contributed by atoms with Crippen molar-refractivity contribution in [3.8, 4) is 11.5 Å². The zero-order valence-electron chi connectivity index (χ0n) is 16.1. The highest BCUT2D eigenvalue weighted by molar-refractivity contribution is 5.93. The maximum atomic E-state index is 5.54. The van der Waals surface area contributed by atoms with Crippen molar-refractivity contribution in [1.82, 2.24) is 10.2 Å². The van der Waals surface area contributed by atoms with Gasteiger partial charge in [0.2, 0.25) is 0 Å². The number of nitrogens with zero attached hydrogens (tertiary/aromatic N) is 2. The van der Waals surface area contributed by atoms with Crippen molar-refractivity contribution >= 4 is 11.6 Å². The summed E-state index contributed by atoms with van der Waals surface area (Å²) in [5.41, 5.74) is 0.896. The van der Waals surface area contributed by atoms with E-state index in [2.05, 4.69) is 27.6 Å².